The third kappa shape index (κ3) is 2.51. The van der Waals surface area contributed by atoms with E-state index >= 15 is 0 Å². The topological polar surface area (TPSA) is 3.24 Å². The summed E-state index contributed by atoms with van der Waals surface area (Å²) >= 11 is 0. The molecule has 0 aliphatic carbocycles. The molecule has 0 bridgehead atoms. The van der Waals surface area contributed by atoms with E-state index in [2.05, 4.69) is 53.4 Å². The van der Waals surface area contributed by atoms with Gasteiger partial charge in [0.05, 0.1) is 0 Å². The second-order valence-electron chi connectivity index (χ2n) is 4.58. The Labute approximate surface area is 72.2 Å². The smallest absolute Gasteiger partial charge is 0.138 e. The molecule has 66 valence electrons. The lowest BCUT2D eigenvalue weighted by atomic mass is 9.41. The van der Waals surface area contributed by atoms with Crippen LogP contribution >= 0.6 is 0 Å². The van der Waals surface area contributed by atoms with Crippen molar-refractivity contribution in [2.75, 3.05) is 14.1 Å². The summed E-state index contributed by atoms with van der Waals surface area (Å²) in [5.41, 5.74) is 0.314. The van der Waals surface area contributed by atoms with Crippen LogP contribution < -0.4 is 0 Å². The van der Waals surface area contributed by atoms with Gasteiger partial charge < -0.3 is 4.90 Å². The van der Waals surface area contributed by atoms with Crippen molar-refractivity contribution in [3.8, 4) is 0 Å². The molecule has 0 amide bonds. The van der Waals surface area contributed by atoms with Gasteiger partial charge in [0, 0.05) is 5.54 Å². The van der Waals surface area contributed by atoms with Gasteiger partial charge in [0.2, 0.25) is 0 Å². The molecular weight excluding hydrogens is 133 g/mol. The standard InChI is InChI=1S/C9H22BN/c1-8(10(4)5)9(2,3)11(6)7/h8H,1-7H3. The average molecular weight is 155 g/mol. The SMILES string of the molecule is CB(C)C(C)C(C)(C)N(C)C. The maximum Gasteiger partial charge on any atom is 0.138 e. The van der Waals surface area contributed by atoms with Crippen LogP contribution in [-0.2, 0) is 0 Å². The molecule has 0 aliphatic heterocycles. The average Bonchev–Trinajstić information content (AvgIpc) is 1.85. The van der Waals surface area contributed by atoms with Gasteiger partial charge in [-0.15, -0.1) is 0 Å². The van der Waals surface area contributed by atoms with Gasteiger partial charge in [0.1, 0.15) is 6.71 Å². The molecule has 1 unspecified atom stereocenters. The van der Waals surface area contributed by atoms with Gasteiger partial charge in [-0.3, -0.25) is 0 Å². The maximum absolute atomic E-state index is 2.32. The van der Waals surface area contributed by atoms with Gasteiger partial charge in [-0.1, -0.05) is 20.6 Å². The molecule has 0 rings (SSSR count). The highest BCUT2D eigenvalue weighted by Gasteiger charge is 2.30. The molecule has 0 saturated heterocycles. The van der Waals surface area contributed by atoms with Crippen LogP contribution in [0.1, 0.15) is 20.8 Å². The zero-order chi connectivity index (χ0) is 9.23. The lowest BCUT2D eigenvalue weighted by Crippen LogP contribution is -2.45. The minimum absolute atomic E-state index is 0.314. The lowest BCUT2D eigenvalue weighted by molar-refractivity contribution is 0.188. The van der Waals surface area contributed by atoms with E-state index in [-0.39, 0.29) is 0 Å². The molecule has 0 aromatic carbocycles. The van der Waals surface area contributed by atoms with Crippen LogP contribution in [0.2, 0.25) is 19.5 Å². The van der Waals surface area contributed by atoms with E-state index in [4.69, 9.17) is 0 Å². The predicted octanol–water partition coefficient (Wildman–Crippen LogP) is 2.47. The van der Waals surface area contributed by atoms with Crippen molar-refractivity contribution in [1.82, 2.24) is 4.90 Å². The van der Waals surface area contributed by atoms with Gasteiger partial charge in [0.25, 0.3) is 0 Å². The summed E-state index contributed by atoms with van der Waals surface area (Å²) in [7, 11) is 4.30. The third-order valence-electron chi connectivity index (χ3n) is 3.27. The van der Waals surface area contributed by atoms with Gasteiger partial charge in [-0.25, -0.2) is 0 Å². The second kappa shape index (κ2) is 3.62. The Morgan fingerprint density at radius 2 is 1.55 bits per heavy atom. The molecule has 1 nitrogen and oxygen atoms in total. The first-order valence-electron chi connectivity index (χ1n) is 4.47. The minimum atomic E-state index is 0.314. The van der Waals surface area contributed by atoms with Crippen molar-refractivity contribution in [3.05, 3.63) is 0 Å². The Morgan fingerprint density at radius 3 is 1.64 bits per heavy atom. The molecule has 0 radical (unpaired) electrons. The molecule has 0 aliphatic rings. The van der Waals surface area contributed by atoms with E-state index in [0.29, 0.717) is 5.54 Å². The molecule has 0 spiro atoms. The Morgan fingerprint density at radius 1 is 1.18 bits per heavy atom. The first kappa shape index (κ1) is 11.0. The Bertz CT molecular complexity index is 119. The quantitative estimate of drug-likeness (QED) is 0.566. The van der Waals surface area contributed by atoms with Crippen LogP contribution in [0.15, 0.2) is 0 Å². The van der Waals surface area contributed by atoms with E-state index in [1.165, 1.54) is 0 Å². The first-order valence-corrected chi connectivity index (χ1v) is 4.47. The van der Waals surface area contributed by atoms with E-state index in [1.54, 1.807) is 0 Å². The van der Waals surface area contributed by atoms with Gasteiger partial charge >= 0.3 is 0 Å². The highest BCUT2D eigenvalue weighted by atomic mass is 15.1. The van der Waals surface area contributed by atoms with E-state index in [0.717, 1.165) is 12.5 Å². The third-order valence-corrected chi connectivity index (χ3v) is 3.27. The van der Waals surface area contributed by atoms with E-state index < -0.39 is 0 Å². The van der Waals surface area contributed by atoms with E-state index in [9.17, 15) is 0 Å². The van der Waals surface area contributed by atoms with Crippen molar-refractivity contribution >= 4 is 6.71 Å². The van der Waals surface area contributed by atoms with Crippen molar-refractivity contribution < 1.29 is 0 Å². The maximum atomic E-state index is 2.32. The number of nitrogens with zero attached hydrogens (tertiary/aromatic N) is 1. The van der Waals surface area contributed by atoms with Crippen molar-refractivity contribution in [2.24, 2.45) is 0 Å². The van der Waals surface area contributed by atoms with Crippen LogP contribution in [0.5, 0.6) is 0 Å². The molecule has 11 heavy (non-hydrogen) atoms. The minimum Gasteiger partial charge on any atom is -0.305 e. The lowest BCUT2D eigenvalue weighted by Gasteiger charge is -2.40. The molecule has 0 N–H and O–H groups in total. The summed E-state index contributed by atoms with van der Waals surface area (Å²) in [6, 6.07) is 0. The summed E-state index contributed by atoms with van der Waals surface area (Å²) in [4.78, 5) is 2.30. The van der Waals surface area contributed by atoms with Crippen molar-refractivity contribution in [3.63, 3.8) is 0 Å². The summed E-state index contributed by atoms with van der Waals surface area (Å²) in [5, 5.41) is 0. The highest BCUT2D eigenvalue weighted by molar-refractivity contribution is 6.57. The second-order valence-corrected chi connectivity index (χ2v) is 4.58. The molecule has 0 aromatic rings. The summed E-state index contributed by atoms with van der Waals surface area (Å²) in [5.74, 6) is 0.734. The summed E-state index contributed by atoms with van der Waals surface area (Å²) < 4.78 is 0. The largest absolute Gasteiger partial charge is 0.305 e. The van der Waals surface area contributed by atoms with E-state index in [1.807, 2.05) is 0 Å². The van der Waals surface area contributed by atoms with Crippen LogP contribution in [0.4, 0.5) is 0 Å². The fraction of sp³-hybridized carbons (Fsp3) is 1.00. The van der Waals surface area contributed by atoms with Crippen LogP contribution in [0.25, 0.3) is 0 Å². The number of rotatable bonds is 3. The fourth-order valence-electron chi connectivity index (χ4n) is 1.22. The van der Waals surface area contributed by atoms with Crippen LogP contribution in [-0.4, -0.2) is 31.2 Å². The Hall–Kier alpha value is 0.0249. The molecule has 1 atom stereocenters. The van der Waals surface area contributed by atoms with Crippen LogP contribution in [0, 0.1) is 0 Å². The monoisotopic (exact) mass is 155 g/mol. The predicted molar refractivity (Wildman–Crippen MR) is 54.7 cm³/mol. The molecule has 0 saturated carbocycles. The molecular formula is C9H22BN. The molecule has 2 heteroatoms. The van der Waals surface area contributed by atoms with Crippen molar-refractivity contribution in [1.29, 1.82) is 0 Å². The number of hydrogen-bond acceptors (Lipinski definition) is 1. The highest BCUT2D eigenvalue weighted by Crippen LogP contribution is 2.29. The summed E-state index contributed by atoms with van der Waals surface area (Å²) in [6.45, 7) is 12.3. The normalized spacial score (nSPS) is 15.3. The van der Waals surface area contributed by atoms with Gasteiger partial charge in [0.15, 0.2) is 0 Å². The summed E-state index contributed by atoms with van der Waals surface area (Å²) in [6.07, 6.45) is 0. The van der Waals surface area contributed by atoms with Crippen LogP contribution in [0.3, 0.4) is 0 Å². The Kier molecular flexibility index (Phi) is 3.63. The van der Waals surface area contributed by atoms with Gasteiger partial charge in [-0.05, 0) is 33.8 Å². The number of hydrogen-bond donors (Lipinski definition) is 0. The van der Waals surface area contributed by atoms with Gasteiger partial charge in [-0.2, -0.15) is 0 Å². The molecule has 0 heterocycles. The Balaban J connectivity index is 4.29. The molecule has 0 aromatic heterocycles. The zero-order valence-electron chi connectivity index (χ0n) is 9.10. The zero-order valence-corrected chi connectivity index (χ0v) is 9.10. The van der Waals surface area contributed by atoms with Crippen molar-refractivity contribution in [2.45, 2.75) is 45.8 Å². The fourth-order valence-corrected chi connectivity index (χ4v) is 1.22. The first-order chi connectivity index (χ1) is 4.80. The molecule has 0 fully saturated rings.